The standard InChI is InChI=1S/C24H20BrCl2N3O3/c1-15(16-5-3-2-4-6-16)29-23(31)24(32)30-28-13-18-11-19(25)8-10-22(18)33-14-17-7-9-20(26)12-21(17)27/h2-13,15H,14H2,1H3,(H,29,31)(H,30,32)/b28-13-/t15-/m0/s1. The summed E-state index contributed by atoms with van der Waals surface area (Å²) in [6.45, 7) is 2.01. The first kappa shape index (κ1) is 24.8. The molecule has 33 heavy (non-hydrogen) atoms. The third-order valence-corrected chi connectivity index (χ3v) is 5.67. The largest absolute Gasteiger partial charge is 0.488 e. The van der Waals surface area contributed by atoms with Crippen LogP contribution in [0.15, 0.2) is 76.3 Å². The molecule has 6 nitrogen and oxygen atoms in total. The molecule has 0 saturated carbocycles. The number of halogens is 3. The van der Waals surface area contributed by atoms with Gasteiger partial charge in [0, 0.05) is 25.6 Å². The average Bonchev–Trinajstić information content (AvgIpc) is 2.80. The van der Waals surface area contributed by atoms with Gasteiger partial charge in [0.05, 0.1) is 12.3 Å². The molecule has 0 aliphatic carbocycles. The van der Waals surface area contributed by atoms with Gasteiger partial charge in [0.2, 0.25) is 0 Å². The maximum Gasteiger partial charge on any atom is 0.329 e. The minimum absolute atomic E-state index is 0.213. The van der Waals surface area contributed by atoms with Gasteiger partial charge in [0.15, 0.2) is 0 Å². The molecule has 0 bridgehead atoms. The highest BCUT2D eigenvalue weighted by molar-refractivity contribution is 9.10. The van der Waals surface area contributed by atoms with Crippen molar-refractivity contribution in [2.75, 3.05) is 0 Å². The lowest BCUT2D eigenvalue weighted by molar-refractivity contribution is -0.139. The van der Waals surface area contributed by atoms with E-state index in [4.69, 9.17) is 27.9 Å². The minimum atomic E-state index is -0.876. The molecule has 3 aromatic carbocycles. The molecular weight excluding hydrogens is 529 g/mol. The molecule has 0 fully saturated rings. The Bertz CT molecular complexity index is 1170. The summed E-state index contributed by atoms with van der Waals surface area (Å²) >= 11 is 15.5. The number of ether oxygens (including phenoxy) is 1. The van der Waals surface area contributed by atoms with Crippen molar-refractivity contribution >= 4 is 57.2 Å². The topological polar surface area (TPSA) is 79.8 Å². The van der Waals surface area contributed by atoms with Crippen molar-refractivity contribution in [2.24, 2.45) is 5.10 Å². The van der Waals surface area contributed by atoms with E-state index >= 15 is 0 Å². The van der Waals surface area contributed by atoms with Crippen molar-refractivity contribution in [1.29, 1.82) is 0 Å². The summed E-state index contributed by atoms with van der Waals surface area (Å²) in [4.78, 5) is 24.3. The number of hydrogen-bond acceptors (Lipinski definition) is 4. The van der Waals surface area contributed by atoms with Crippen molar-refractivity contribution in [1.82, 2.24) is 10.7 Å². The highest BCUT2D eigenvalue weighted by Gasteiger charge is 2.16. The Morgan fingerprint density at radius 1 is 1.06 bits per heavy atom. The smallest absolute Gasteiger partial charge is 0.329 e. The third-order valence-electron chi connectivity index (χ3n) is 4.59. The fraction of sp³-hybridized carbons (Fsp3) is 0.125. The summed E-state index contributed by atoms with van der Waals surface area (Å²) in [6.07, 6.45) is 1.40. The van der Waals surface area contributed by atoms with Crippen LogP contribution in [-0.4, -0.2) is 18.0 Å². The summed E-state index contributed by atoms with van der Waals surface area (Å²) < 4.78 is 6.67. The summed E-state index contributed by atoms with van der Waals surface area (Å²) in [5.74, 6) is -1.14. The molecule has 9 heteroatoms. The SMILES string of the molecule is C[C@H](NC(=O)C(=O)N/N=C\c1cc(Br)ccc1OCc1ccc(Cl)cc1Cl)c1ccccc1. The number of rotatable bonds is 7. The number of carbonyl (C=O) groups excluding carboxylic acids is 2. The van der Waals surface area contributed by atoms with Crippen molar-refractivity contribution in [2.45, 2.75) is 19.6 Å². The van der Waals surface area contributed by atoms with Gasteiger partial charge in [-0.1, -0.05) is 75.5 Å². The predicted octanol–water partition coefficient (Wildman–Crippen LogP) is 5.66. The zero-order chi connectivity index (χ0) is 23.8. The Kier molecular flexibility index (Phi) is 8.88. The molecule has 170 valence electrons. The summed E-state index contributed by atoms with van der Waals surface area (Å²) in [7, 11) is 0. The fourth-order valence-electron chi connectivity index (χ4n) is 2.84. The number of hydrogen-bond donors (Lipinski definition) is 2. The second-order valence-electron chi connectivity index (χ2n) is 7.01. The van der Waals surface area contributed by atoms with E-state index in [1.165, 1.54) is 6.21 Å². The Labute approximate surface area is 210 Å². The van der Waals surface area contributed by atoms with Crippen LogP contribution in [0.25, 0.3) is 0 Å². The van der Waals surface area contributed by atoms with E-state index in [0.29, 0.717) is 21.4 Å². The van der Waals surface area contributed by atoms with E-state index in [-0.39, 0.29) is 12.6 Å². The molecule has 0 saturated heterocycles. The van der Waals surface area contributed by atoms with Gasteiger partial charge in [-0.15, -0.1) is 0 Å². The number of nitrogens with zero attached hydrogens (tertiary/aromatic N) is 1. The zero-order valence-electron chi connectivity index (χ0n) is 17.5. The number of amides is 2. The Morgan fingerprint density at radius 2 is 1.82 bits per heavy atom. The van der Waals surface area contributed by atoms with E-state index in [9.17, 15) is 9.59 Å². The molecule has 0 aliphatic rings. The van der Waals surface area contributed by atoms with Crippen LogP contribution in [0.1, 0.15) is 29.7 Å². The summed E-state index contributed by atoms with van der Waals surface area (Å²) in [5, 5.41) is 7.57. The van der Waals surface area contributed by atoms with Crippen molar-refractivity contribution < 1.29 is 14.3 Å². The molecule has 0 unspecified atom stereocenters. The second kappa shape index (κ2) is 11.8. The molecule has 2 amide bonds. The molecule has 3 rings (SSSR count). The first-order chi connectivity index (χ1) is 15.8. The molecule has 3 aromatic rings. The second-order valence-corrected chi connectivity index (χ2v) is 8.77. The minimum Gasteiger partial charge on any atom is -0.488 e. The van der Waals surface area contributed by atoms with Crippen LogP contribution in [0.5, 0.6) is 5.75 Å². The Hall–Kier alpha value is -2.87. The first-order valence-corrected chi connectivity index (χ1v) is 11.4. The van der Waals surface area contributed by atoms with Gasteiger partial charge in [-0.25, -0.2) is 5.43 Å². The third kappa shape index (κ3) is 7.32. The molecular formula is C24H20BrCl2N3O3. The maximum absolute atomic E-state index is 12.2. The number of benzene rings is 3. The number of carbonyl (C=O) groups is 2. The molecule has 0 aromatic heterocycles. The highest BCUT2D eigenvalue weighted by atomic mass is 79.9. The molecule has 0 spiro atoms. The molecule has 0 radical (unpaired) electrons. The van der Waals surface area contributed by atoms with E-state index in [2.05, 4.69) is 31.8 Å². The fourth-order valence-corrected chi connectivity index (χ4v) is 3.69. The van der Waals surface area contributed by atoms with Gasteiger partial charge < -0.3 is 10.1 Å². The van der Waals surface area contributed by atoms with E-state index in [1.54, 1.807) is 37.3 Å². The van der Waals surface area contributed by atoms with E-state index < -0.39 is 11.8 Å². The maximum atomic E-state index is 12.2. The lowest BCUT2D eigenvalue weighted by atomic mass is 10.1. The van der Waals surface area contributed by atoms with Crippen LogP contribution in [-0.2, 0) is 16.2 Å². The van der Waals surface area contributed by atoms with Crippen LogP contribution in [0.3, 0.4) is 0 Å². The van der Waals surface area contributed by atoms with Gasteiger partial charge in [0.1, 0.15) is 12.4 Å². The lowest BCUT2D eigenvalue weighted by Gasteiger charge is -2.13. The van der Waals surface area contributed by atoms with Crippen molar-refractivity contribution in [3.05, 3.63) is 97.9 Å². The monoisotopic (exact) mass is 547 g/mol. The lowest BCUT2D eigenvalue weighted by Crippen LogP contribution is -2.39. The van der Waals surface area contributed by atoms with Crippen LogP contribution < -0.4 is 15.5 Å². The van der Waals surface area contributed by atoms with E-state index in [0.717, 1.165) is 15.6 Å². The Balaban J connectivity index is 1.61. The summed E-state index contributed by atoms with van der Waals surface area (Å²) in [6, 6.07) is 19.5. The van der Waals surface area contributed by atoms with Gasteiger partial charge in [0.25, 0.3) is 0 Å². The Morgan fingerprint density at radius 3 is 2.55 bits per heavy atom. The normalized spacial score (nSPS) is 11.8. The van der Waals surface area contributed by atoms with Crippen LogP contribution in [0.2, 0.25) is 10.0 Å². The predicted molar refractivity (Wildman–Crippen MR) is 134 cm³/mol. The van der Waals surface area contributed by atoms with Gasteiger partial charge >= 0.3 is 11.8 Å². The summed E-state index contributed by atoms with van der Waals surface area (Å²) in [5.41, 5.74) is 4.48. The van der Waals surface area contributed by atoms with Crippen molar-refractivity contribution in [3.8, 4) is 5.75 Å². The number of nitrogens with one attached hydrogen (secondary N) is 2. The molecule has 0 aliphatic heterocycles. The average molecular weight is 549 g/mol. The number of hydrazone groups is 1. The van der Waals surface area contributed by atoms with Crippen molar-refractivity contribution in [3.63, 3.8) is 0 Å². The molecule has 0 heterocycles. The van der Waals surface area contributed by atoms with Crippen LogP contribution >= 0.6 is 39.1 Å². The quantitative estimate of drug-likeness (QED) is 0.227. The van der Waals surface area contributed by atoms with Crippen LogP contribution in [0, 0.1) is 0 Å². The van der Waals surface area contributed by atoms with Gasteiger partial charge in [-0.2, -0.15) is 5.10 Å². The molecule has 1 atom stereocenters. The highest BCUT2D eigenvalue weighted by Crippen LogP contribution is 2.25. The molecule has 2 N–H and O–H groups in total. The van der Waals surface area contributed by atoms with Gasteiger partial charge in [-0.05, 0) is 42.8 Å². The zero-order valence-corrected chi connectivity index (χ0v) is 20.6. The van der Waals surface area contributed by atoms with Gasteiger partial charge in [-0.3, -0.25) is 9.59 Å². The van der Waals surface area contributed by atoms with Crippen LogP contribution in [0.4, 0.5) is 0 Å². The first-order valence-electron chi connectivity index (χ1n) is 9.88. The van der Waals surface area contributed by atoms with E-state index in [1.807, 2.05) is 36.4 Å².